The zero-order valence-electron chi connectivity index (χ0n) is 4.93. The molecule has 0 fully saturated rings. The summed E-state index contributed by atoms with van der Waals surface area (Å²) in [6.07, 6.45) is 1.65. The van der Waals surface area contributed by atoms with Gasteiger partial charge < -0.3 is 4.42 Å². The highest BCUT2D eigenvalue weighted by atomic mass is 79.9. The van der Waals surface area contributed by atoms with E-state index >= 15 is 0 Å². The summed E-state index contributed by atoms with van der Waals surface area (Å²) in [7, 11) is 0. The SMILES string of the molecule is CCSc1ncc(Br)o1. The fourth-order valence-corrected chi connectivity index (χ4v) is 1.32. The lowest BCUT2D eigenvalue weighted by Crippen LogP contribution is -1.67. The molecule has 1 rings (SSSR count). The molecule has 0 aromatic carbocycles. The Morgan fingerprint density at radius 3 is 3.11 bits per heavy atom. The molecule has 50 valence electrons. The van der Waals surface area contributed by atoms with E-state index in [0.29, 0.717) is 4.67 Å². The van der Waals surface area contributed by atoms with Crippen LogP contribution >= 0.6 is 27.7 Å². The minimum Gasteiger partial charge on any atom is -0.424 e. The van der Waals surface area contributed by atoms with E-state index in [0.717, 1.165) is 11.0 Å². The van der Waals surface area contributed by atoms with E-state index in [2.05, 4.69) is 27.8 Å². The zero-order valence-corrected chi connectivity index (χ0v) is 7.33. The number of nitrogens with zero attached hydrogens (tertiary/aromatic N) is 1. The van der Waals surface area contributed by atoms with Crippen LogP contribution in [0.5, 0.6) is 0 Å². The van der Waals surface area contributed by atoms with Crippen molar-refractivity contribution in [2.75, 3.05) is 5.75 Å². The lowest BCUT2D eigenvalue weighted by atomic mass is 11.0. The summed E-state index contributed by atoms with van der Waals surface area (Å²) >= 11 is 4.75. The van der Waals surface area contributed by atoms with Gasteiger partial charge in [-0.2, -0.15) is 0 Å². The number of hydrogen-bond donors (Lipinski definition) is 0. The normalized spacial score (nSPS) is 10.0. The summed E-state index contributed by atoms with van der Waals surface area (Å²) in [5, 5.41) is 0.726. The highest BCUT2D eigenvalue weighted by Crippen LogP contribution is 2.19. The molecule has 0 saturated heterocycles. The van der Waals surface area contributed by atoms with Gasteiger partial charge >= 0.3 is 0 Å². The van der Waals surface area contributed by atoms with Gasteiger partial charge in [0, 0.05) is 0 Å². The van der Waals surface area contributed by atoms with Gasteiger partial charge in [0.15, 0.2) is 4.67 Å². The van der Waals surface area contributed by atoms with Crippen LogP contribution in [-0.4, -0.2) is 10.7 Å². The van der Waals surface area contributed by atoms with Crippen molar-refractivity contribution in [2.24, 2.45) is 0 Å². The summed E-state index contributed by atoms with van der Waals surface area (Å²) in [6.45, 7) is 2.06. The summed E-state index contributed by atoms with van der Waals surface area (Å²) < 4.78 is 5.79. The molecule has 0 aliphatic rings. The maximum absolute atomic E-state index is 5.09. The average molecular weight is 208 g/mol. The van der Waals surface area contributed by atoms with Gasteiger partial charge in [-0.3, -0.25) is 0 Å². The van der Waals surface area contributed by atoms with Gasteiger partial charge in [-0.15, -0.1) is 0 Å². The number of halogens is 1. The van der Waals surface area contributed by atoms with Crippen molar-refractivity contribution in [3.8, 4) is 0 Å². The van der Waals surface area contributed by atoms with Gasteiger partial charge in [0.25, 0.3) is 5.22 Å². The monoisotopic (exact) mass is 207 g/mol. The highest BCUT2D eigenvalue weighted by Gasteiger charge is 1.97. The Labute approximate surface area is 66.2 Å². The van der Waals surface area contributed by atoms with Crippen LogP contribution in [0.25, 0.3) is 0 Å². The second-order valence-electron chi connectivity index (χ2n) is 1.36. The molecule has 0 radical (unpaired) electrons. The summed E-state index contributed by atoms with van der Waals surface area (Å²) in [4.78, 5) is 3.95. The fourth-order valence-electron chi connectivity index (χ4n) is 0.430. The van der Waals surface area contributed by atoms with E-state index in [1.54, 1.807) is 18.0 Å². The number of aromatic nitrogens is 1. The molecule has 0 spiro atoms. The van der Waals surface area contributed by atoms with Crippen LogP contribution in [0.2, 0.25) is 0 Å². The molecule has 1 aromatic heterocycles. The molecule has 0 N–H and O–H groups in total. The number of oxazole rings is 1. The Hall–Kier alpha value is 0.0400. The topological polar surface area (TPSA) is 26.0 Å². The quantitative estimate of drug-likeness (QED) is 0.698. The molecule has 0 amide bonds. The maximum Gasteiger partial charge on any atom is 0.256 e. The molecular weight excluding hydrogens is 202 g/mol. The first-order valence-electron chi connectivity index (χ1n) is 2.57. The lowest BCUT2D eigenvalue weighted by Gasteiger charge is -1.84. The minimum atomic E-state index is 0.693. The summed E-state index contributed by atoms with van der Waals surface area (Å²) in [5.41, 5.74) is 0. The fraction of sp³-hybridized carbons (Fsp3) is 0.400. The van der Waals surface area contributed by atoms with Crippen LogP contribution < -0.4 is 0 Å². The van der Waals surface area contributed by atoms with Crippen LogP contribution in [-0.2, 0) is 0 Å². The van der Waals surface area contributed by atoms with Crippen LogP contribution in [0.15, 0.2) is 20.5 Å². The average Bonchev–Trinajstić information content (AvgIpc) is 2.17. The van der Waals surface area contributed by atoms with Gasteiger partial charge in [0.2, 0.25) is 0 Å². The molecular formula is C5H6BrNOS. The van der Waals surface area contributed by atoms with Crippen LogP contribution in [0.3, 0.4) is 0 Å². The second kappa shape index (κ2) is 3.27. The third-order valence-electron chi connectivity index (χ3n) is 0.724. The van der Waals surface area contributed by atoms with E-state index in [1.807, 2.05) is 0 Å². The first kappa shape index (κ1) is 7.15. The predicted molar refractivity (Wildman–Crippen MR) is 40.6 cm³/mol. The van der Waals surface area contributed by atoms with E-state index in [4.69, 9.17) is 4.42 Å². The third-order valence-corrected chi connectivity index (χ3v) is 1.82. The van der Waals surface area contributed by atoms with Crippen LogP contribution in [0, 0.1) is 0 Å². The summed E-state index contributed by atoms with van der Waals surface area (Å²) in [5.74, 6) is 0.993. The van der Waals surface area contributed by atoms with Gasteiger partial charge in [0.05, 0.1) is 6.20 Å². The standard InChI is InChI=1S/C5H6BrNOS/c1-2-9-5-7-3-4(6)8-5/h3H,2H2,1H3. The molecule has 2 nitrogen and oxygen atoms in total. The van der Waals surface area contributed by atoms with Gasteiger partial charge in [-0.1, -0.05) is 18.7 Å². The molecule has 0 bridgehead atoms. The Morgan fingerprint density at radius 2 is 2.67 bits per heavy atom. The first-order valence-corrected chi connectivity index (χ1v) is 4.35. The smallest absolute Gasteiger partial charge is 0.256 e. The van der Waals surface area contributed by atoms with Gasteiger partial charge in [0.1, 0.15) is 0 Å². The van der Waals surface area contributed by atoms with E-state index in [9.17, 15) is 0 Å². The Balaban J connectivity index is 2.61. The van der Waals surface area contributed by atoms with E-state index in [1.165, 1.54) is 0 Å². The molecule has 1 heterocycles. The van der Waals surface area contributed by atoms with Crippen molar-refractivity contribution in [1.29, 1.82) is 0 Å². The Kier molecular flexibility index (Phi) is 2.60. The molecule has 1 aromatic rings. The van der Waals surface area contributed by atoms with Crippen molar-refractivity contribution in [3.05, 3.63) is 10.9 Å². The largest absolute Gasteiger partial charge is 0.424 e. The minimum absolute atomic E-state index is 0.693. The number of thioether (sulfide) groups is 1. The maximum atomic E-state index is 5.09. The van der Waals surface area contributed by atoms with E-state index < -0.39 is 0 Å². The zero-order chi connectivity index (χ0) is 6.69. The summed E-state index contributed by atoms with van der Waals surface area (Å²) in [6, 6.07) is 0. The number of rotatable bonds is 2. The van der Waals surface area contributed by atoms with Gasteiger partial charge in [-0.25, -0.2) is 4.98 Å². The lowest BCUT2D eigenvalue weighted by molar-refractivity contribution is 0.435. The molecule has 0 aliphatic heterocycles. The van der Waals surface area contributed by atoms with E-state index in [-0.39, 0.29) is 0 Å². The Morgan fingerprint density at radius 1 is 1.89 bits per heavy atom. The molecule has 0 unspecified atom stereocenters. The number of hydrogen-bond acceptors (Lipinski definition) is 3. The second-order valence-corrected chi connectivity index (χ2v) is 3.36. The molecule has 0 saturated carbocycles. The molecule has 9 heavy (non-hydrogen) atoms. The molecule has 4 heteroatoms. The van der Waals surface area contributed by atoms with Crippen molar-refractivity contribution >= 4 is 27.7 Å². The highest BCUT2D eigenvalue weighted by molar-refractivity contribution is 9.10. The first-order chi connectivity index (χ1) is 4.33. The van der Waals surface area contributed by atoms with Crippen LogP contribution in [0.4, 0.5) is 0 Å². The van der Waals surface area contributed by atoms with Gasteiger partial charge in [-0.05, 0) is 21.7 Å². The van der Waals surface area contributed by atoms with Crippen molar-refractivity contribution < 1.29 is 4.42 Å². The molecule has 0 aliphatic carbocycles. The van der Waals surface area contributed by atoms with Crippen molar-refractivity contribution in [3.63, 3.8) is 0 Å². The Bertz CT molecular complexity index is 189. The van der Waals surface area contributed by atoms with Crippen LogP contribution in [0.1, 0.15) is 6.92 Å². The van der Waals surface area contributed by atoms with Crippen molar-refractivity contribution in [2.45, 2.75) is 12.1 Å². The van der Waals surface area contributed by atoms with Crippen molar-refractivity contribution in [1.82, 2.24) is 4.98 Å². The molecule has 0 atom stereocenters. The third kappa shape index (κ3) is 2.02. The predicted octanol–water partition coefficient (Wildman–Crippen LogP) is 2.55.